The highest BCUT2D eigenvalue weighted by molar-refractivity contribution is 7.91. The molecule has 0 radical (unpaired) electrons. The fourth-order valence-electron chi connectivity index (χ4n) is 1.63. The van der Waals surface area contributed by atoms with Crippen LogP contribution in [0, 0.1) is 11.8 Å². The molecule has 0 bridgehead atoms. The van der Waals surface area contributed by atoms with Crippen LogP contribution < -0.4 is 5.14 Å². The summed E-state index contributed by atoms with van der Waals surface area (Å²) in [5.41, 5.74) is 0. The summed E-state index contributed by atoms with van der Waals surface area (Å²) >= 11 is 1.16. The van der Waals surface area contributed by atoms with E-state index in [-0.39, 0.29) is 4.21 Å². The van der Waals surface area contributed by atoms with E-state index in [0.717, 1.165) is 29.3 Å². The third-order valence-corrected chi connectivity index (χ3v) is 5.35. The van der Waals surface area contributed by atoms with Gasteiger partial charge in [-0.2, -0.15) is 0 Å². The van der Waals surface area contributed by atoms with Crippen molar-refractivity contribution in [2.24, 2.45) is 5.14 Å². The van der Waals surface area contributed by atoms with Gasteiger partial charge in [-0.05, 0) is 12.1 Å². The van der Waals surface area contributed by atoms with Crippen LogP contribution in [0.25, 0.3) is 0 Å². The molecule has 0 aromatic carbocycles. The summed E-state index contributed by atoms with van der Waals surface area (Å²) in [7, 11) is -0.279. The monoisotopic (exact) mass is 346 g/mol. The molecule has 0 saturated heterocycles. The van der Waals surface area contributed by atoms with Gasteiger partial charge in [0.15, 0.2) is 0 Å². The first-order chi connectivity index (χ1) is 10.5. The number of sulfonamides is 1. The number of ether oxygens (including phenoxy) is 2. The standard InChI is InChI=1S/C14H22N2O4S2/c1-19-11-9-16(10-12-20-2)8-4-3-5-13-6-7-14(21-13)22(15,17)18/h6-7H,5,8-12H2,1-2H3,(H2,15,17,18). The number of thiophene rings is 1. The van der Waals surface area contributed by atoms with Crippen LogP contribution in [-0.4, -0.2) is 60.4 Å². The molecule has 8 heteroatoms. The minimum Gasteiger partial charge on any atom is -0.383 e. The summed E-state index contributed by atoms with van der Waals surface area (Å²) in [6, 6.07) is 3.26. The summed E-state index contributed by atoms with van der Waals surface area (Å²) in [4.78, 5) is 3.03. The number of hydrogen-bond acceptors (Lipinski definition) is 6. The van der Waals surface area contributed by atoms with Crippen LogP contribution in [-0.2, 0) is 25.9 Å². The van der Waals surface area contributed by atoms with Gasteiger partial charge in [0, 0.05) is 38.6 Å². The lowest BCUT2D eigenvalue weighted by molar-refractivity contribution is 0.122. The van der Waals surface area contributed by atoms with Crippen molar-refractivity contribution in [3.05, 3.63) is 17.0 Å². The third-order valence-electron chi connectivity index (χ3n) is 2.83. The Bertz CT molecular complexity index is 594. The number of hydrogen-bond donors (Lipinski definition) is 1. The van der Waals surface area contributed by atoms with E-state index < -0.39 is 10.0 Å². The van der Waals surface area contributed by atoms with Crippen LogP contribution in [0.5, 0.6) is 0 Å². The molecule has 1 rings (SSSR count). The summed E-state index contributed by atoms with van der Waals surface area (Å²) in [6.45, 7) is 3.51. The van der Waals surface area contributed by atoms with Crippen LogP contribution in [0.2, 0.25) is 0 Å². The second kappa shape index (κ2) is 9.94. The summed E-state index contributed by atoms with van der Waals surface area (Å²) in [6.07, 6.45) is 0.516. The first-order valence-electron chi connectivity index (χ1n) is 6.75. The van der Waals surface area contributed by atoms with Gasteiger partial charge >= 0.3 is 0 Å². The lowest BCUT2D eigenvalue weighted by Gasteiger charge is -2.18. The molecule has 0 aliphatic rings. The summed E-state index contributed by atoms with van der Waals surface area (Å²) in [5.74, 6) is 6.14. The van der Waals surface area contributed by atoms with Gasteiger partial charge in [-0.1, -0.05) is 11.8 Å². The maximum atomic E-state index is 11.2. The molecule has 124 valence electrons. The van der Waals surface area contributed by atoms with Crippen molar-refractivity contribution in [2.45, 2.75) is 10.6 Å². The zero-order chi connectivity index (χ0) is 16.4. The fraction of sp³-hybridized carbons (Fsp3) is 0.571. The number of rotatable bonds is 9. The van der Waals surface area contributed by atoms with E-state index in [1.165, 1.54) is 6.07 Å². The molecular weight excluding hydrogens is 324 g/mol. The molecule has 1 aromatic rings. The zero-order valence-electron chi connectivity index (χ0n) is 12.9. The Morgan fingerprint density at radius 2 is 1.82 bits per heavy atom. The second-order valence-corrected chi connectivity index (χ2v) is 7.51. The molecule has 0 atom stereocenters. The molecule has 22 heavy (non-hydrogen) atoms. The van der Waals surface area contributed by atoms with Crippen molar-refractivity contribution in [1.82, 2.24) is 4.90 Å². The van der Waals surface area contributed by atoms with Crippen molar-refractivity contribution < 1.29 is 17.9 Å². The Morgan fingerprint density at radius 3 is 2.32 bits per heavy atom. The van der Waals surface area contributed by atoms with Crippen LogP contribution in [0.15, 0.2) is 16.3 Å². The van der Waals surface area contributed by atoms with Crippen molar-refractivity contribution in [3.63, 3.8) is 0 Å². The van der Waals surface area contributed by atoms with Crippen LogP contribution in [0.3, 0.4) is 0 Å². The zero-order valence-corrected chi connectivity index (χ0v) is 14.5. The van der Waals surface area contributed by atoms with Crippen LogP contribution in [0.1, 0.15) is 4.88 Å². The van der Waals surface area contributed by atoms with E-state index in [1.54, 1.807) is 20.3 Å². The predicted molar refractivity (Wildman–Crippen MR) is 87.4 cm³/mol. The second-order valence-electron chi connectivity index (χ2n) is 4.56. The van der Waals surface area contributed by atoms with Gasteiger partial charge in [-0.15, -0.1) is 11.3 Å². The average Bonchev–Trinajstić information content (AvgIpc) is 2.94. The first kappa shape index (κ1) is 19.1. The highest BCUT2D eigenvalue weighted by Crippen LogP contribution is 2.20. The topological polar surface area (TPSA) is 81.9 Å². The normalized spacial score (nSPS) is 11.5. The van der Waals surface area contributed by atoms with E-state index in [2.05, 4.69) is 16.7 Å². The molecule has 0 amide bonds. The average molecular weight is 346 g/mol. The lowest BCUT2D eigenvalue weighted by Crippen LogP contribution is -2.31. The smallest absolute Gasteiger partial charge is 0.247 e. The van der Waals surface area contributed by atoms with Crippen molar-refractivity contribution in [2.75, 3.05) is 47.1 Å². The van der Waals surface area contributed by atoms with E-state index in [1.807, 2.05) is 0 Å². The first-order valence-corrected chi connectivity index (χ1v) is 9.11. The van der Waals surface area contributed by atoms with Crippen LogP contribution in [0.4, 0.5) is 0 Å². The van der Waals surface area contributed by atoms with Gasteiger partial charge in [0.2, 0.25) is 10.0 Å². The lowest BCUT2D eigenvalue weighted by atomic mass is 10.3. The van der Waals surface area contributed by atoms with E-state index in [0.29, 0.717) is 26.2 Å². The summed E-state index contributed by atoms with van der Waals surface area (Å²) < 4.78 is 32.7. The fourth-order valence-corrected chi connectivity index (χ4v) is 3.35. The summed E-state index contributed by atoms with van der Waals surface area (Å²) in [5, 5.41) is 5.07. The maximum absolute atomic E-state index is 11.2. The molecule has 1 aromatic heterocycles. The molecule has 0 saturated carbocycles. The maximum Gasteiger partial charge on any atom is 0.247 e. The van der Waals surface area contributed by atoms with E-state index in [9.17, 15) is 8.42 Å². The number of nitrogens with zero attached hydrogens (tertiary/aromatic N) is 1. The van der Waals surface area contributed by atoms with E-state index >= 15 is 0 Å². The number of methoxy groups -OCH3 is 2. The predicted octanol–water partition coefficient (Wildman–Crippen LogP) is 0.536. The van der Waals surface area contributed by atoms with Gasteiger partial charge in [0.05, 0.1) is 19.8 Å². The Kier molecular flexibility index (Phi) is 8.63. The van der Waals surface area contributed by atoms with Crippen molar-refractivity contribution >= 4 is 21.4 Å². The molecule has 1 heterocycles. The Labute approximate surface area is 136 Å². The van der Waals surface area contributed by atoms with Gasteiger partial charge in [0.25, 0.3) is 0 Å². The SMILES string of the molecule is COCCN(CC#CCc1ccc(S(N)(=O)=O)s1)CCOC. The molecule has 0 aliphatic heterocycles. The Morgan fingerprint density at radius 1 is 1.18 bits per heavy atom. The quantitative estimate of drug-likeness (QED) is 0.660. The van der Waals surface area contributed by atoms with Gasteiger partial charge in [-0.3, -0.25) is 4.90 Å². The third kappa shape index (κ3) is 7.35. The minimum atomic E-state index is -3.61. The highest BCUT2D eigenvalue weighted by Gasteiger charge is 2.10. The highest BCUT2D eigenvalue weighted by atomic mass is 32.2. The molecule has 0 spiro atoms. The number of nitrogens with two attached hydrogens (primary N) is 1. The molecule has 2 N–H and O–H groups in total. The largest absolute Gasteiger partial charge is 0.383 e. The van der Waals surface area contributed by atoms with Crippen LogP contribution >= 0.6 is 11.3 Å². The Balaban J connectivity index is 2.49. The van der Waals surface area contributed by atoms with Crippen molar-refractivity contribution in [1.29, 1.82) is 0 Å². The molecule has 6 nitrogen and oxygen atoms in total. The van der Waals surface area contributed by atoms with Gasteiger partial charge in [0.1, 0.15) is 4.21 Å². The van der Waals surface area contributed by atoms with E-state index in [4.69, 9.17) is 14.6 Å². The molecular formula is C14H22N2O4S2. The molecule has 0 fully saturated rings. The molecule has 0 aliphatic carbocycles. The Hall–Kier alpha value is -0.950. The number of primary sulfonamides is 1. The van der Waals surface area contributed by atoms with Crippen molar-refractivity contribution in [3.8, 4) is 11.8 Å². The van der Waals surface area contributed by atoms with Gasteiger partial charge in [-0.25, -0.2) is 13.6 Å². The minimum absolute atomic E-state index is 0.172. The molecule has 0 unspecified atom stereocenters. The van der Waals surface area contributed by atoms with Gasteiger partial charge < -0.3 is 9.47 Å².